The summed E-state index contributed by atoms with van der Waals surface area (Å²) < 4.78 is 5.46. The second-order valence-electron chi connectivity index (χ2n) is 9.24. The number of hydrogen-bond donors (Lipinski definition) is 0. The normalized spacial score (nSPS) is 12.2. The molecule has 3 aromatic rings. The van der Waals surface area contributed by atoms with Gasteiger partial charge in [0.1, 0.15) is 5.58 Å². The van der Waals surface area contributed by atoms with Crippen molar-refractivity contribution in [1.82, 2.24) is 0 Å². The molecule has 0 aliphatic carbocycles. The average Bonchev–Trinajstić information content (AvgIpc) is 2.78. The molecule has 0 saturated heterocycles. The zero-order valence-electron chi connectivity index (χ0n) is 20.5. The van der Waals surface area contributed by atoms with Gasteiger partial charge in [-0.15, -0.1) is 0 Å². The topological polar surface area (TPSA) is 30.2 Å². The van der Waals surface area contributed by atoms with Crippen LogP contribution in [0, 0.1) is 0 Å². The predicted octanol–water partition coefficient (Wildman–Crippen LogP) is 8.35. The van der Waals surface area contributed by atoms with Gasteiger partial charge in [0, 0.05) is 11.5 Å². The van der Waals surface area contributed by atoms with Crippen LogP contribution in [0.5, 0.6) is 0 Å². The van der Waals surface area contributed by atoms with Crippen LogP contribution in [0.4, 0.5) is 0 Å². The zero-order chi connectivity index (χ0) is 23.6. The molecule has 172 valence electrons. The van der Waals surface area contributed by atoms with Crippen molar-refractivity contribution in [2.75, 3.05) is 0 Å². The van der Waals surface area contributed by atoms with Crippen LogP contribution in [0.1, 0.15) is 70.1 Å². The zero-order valence-corrected chi connectivity index (χ0v) is 20.5. The van der Waals surface area contributed by atoms with Gasteiger partial charge in [-0.2, -0.15) is 0 Å². The lowest BCUT2D eigenvalue weighted by molar-refractivity contribution is 0.560. The third-order valence-electron chi connectivity index (χ3n) is 5.97. The summed E-state index contributed by atoms with van der Waals surface area (Å²) >= 11 is 0. The molecule has 0 bridgehead atoms. The van der Waals surface area contributed by atoms with Crippen molar-refractivity contribution in [3.8, 4) is 0 Å². The molecule has 0 N–H and O–H groups in total. The first-order chi connectivity index (χ1) is 15.9. The standard InChI is InChI=1S/C31H36O2/c1-23(2)10-8-11-24(3)12-9-13-25(4)16-17-27-21-28-18-19-31(32)33-30(28)22-29(27)20-26-14-6-5-7-15-26/h5-7,10,12,14-16,18-19,21-22H,8-9,11,13,17,20H2,1-4H3/b24-12-,25-16+. The molecule has 0 aliphatic heterocycles. The molecule has 1 aromatic heterocycles. The van der Waals surface area contributed by atoms with Crippen molar-refractivity contribution >= 4 is 11.0 Å². The van der Waals surface area contributed by atoms with Crippen LogP contribution in [0.2, 0.25) is 0 Å². The van der Waals surface area contributed by atoms with E-state index in [2.05, 4.69) is 76.3 Å². The van der Waals surface area contributed by atoms with Crippen LogP contribution in [-0.2, 0) is 12.8 Å². The van der Waals surface area contributed by atoms with E-state index < -0.39 is 0 Å². The fourth-order valence-corrected chi connectivity index (χ4v) is 4.00. The van der Waals surface area contributed by atoms with E-state index in [4.69, 9.17) is 4.42 Å². The highest BCUT2D eigenvalue weighted by Crippen LogP contribution is 2.23. The average molecular weight is 441 g/mol. The van der Waals surface area contributed by atoms with E-state index in [9.17, 15) is 4.79 Å². The highest BCUT2D eigenvalue weighted by molar-refractivity contribution is 5.78. The molecule has 0 unspecified atom stereocenters. The summed E-state index contributed by atoms with van der Waals surface area (Å²) in [6.07, 6.45) is 13.2. The molecule has 2 aromatic carbocycles. The molecule has 0 fully saturated rings. The van der Waals surface area contributed by atoms with Crippen molar-refractivity contribution in [3.05, 3.63) is 117 Å². The fraction of sp³-hybridized carbons (Fsp3) is 0.323. The van der Waals surface area contributed by atoms with Crippen molar-refractivity contribution in [2.45, 2.75) is 66.2 Å². The Balaban J connectivity index is 1.71. The van der Waals surface area contributed by atoms with Crippen molar-refractivity contribution in [1.29, 1.82) is 0 Å². The molecule has 1 heterocycles. The Bertz CT molecular complexity index is 1200. The number of fused-ring (bicyclic) bond motifs is 1. The second kappa shape index (κ2) is 12.2. The molecule has 0 amide bonds. The van der Waals surface area contributed by atoms with Gasteiger partial charge in [-0.25, -0.2) is 4.79 Å². The first-order valence-corrected chi connectivity index (χ1v) is 11.9. The summed E-state index contributed by atoms with van der Waals surface area (Å²) in [6, 6.07) is 18.0. The Labute approximate surface area is 198 Å². The predicted molar refractivity (Wildman–Crippen MR) is 141 cm³/mol. The smallest absolute Gasteiger partial charge is 0.336 e. The Morgan fingerprint density at radius 2 is 1.48 bits per heavy atom. The van der Waals surface area contributed by atoms with E-state index in [0.717, 1.165) is 43.9 Å². The maximum absolute atomic E-state index is 11.7. The highest BCUT2D eigenvalue weighted by Gasteiger charge is 2.08. The molecule has 2 nitrogen and oxygen atoms in total. The van der Waals surface area contributed by atoms with Gasteiger partial charge >= 0.3 is 5.63 Å². The summed E-state index contributed by atoms with van der Waals surface area (Å²) in [4.78, 5) is 11.7. The van der Waals surface area contributed by atoms with E-state index in [1.807, 2.05) is 18.2 Å². The summed E-state index contributed by atoms with van der Waals surface area (Å²) in [5, 5.41) is 0.974. The van der Waals surface area contributed by atoms with Crippen molar-refractivity contribution in [2.24, 2.45) is 0 Å². The second-order valence-corrected chi connectivity index (χ2v) is 9.24. The highest BCUT2D eigenvalue weighted by atomic mass is 16.4. The minimum absolute atomic E-state index is 0.305. The van der Waals surface area contributed by atoms with Crippen molar-refractivity contribution in [3.63, 3.8) is 0 Å². The van der Waals surface area contributed by atoms with E-state index >= 15 is 0 Å². The monoisotopic (exact) mass is 440 g/mol. The Morgan fingerprint density at radius 3 is 2.21 bits per heavy atom. The molecule has 0 saturated carbocycles. The molecule has 0 atom stereocenters. The number of allylic oxidation sites excluding steroid dienone is 6. The lowest BCUT2D eigenvalue weighted by Crippen LogP contribution is -1.99. The molecular weight excluding hydrogens is 404 g/mol. The van der Waals surface area contributed by atoms with E-state index in [-0.39, 0.29) is 5.63 Å². The van der Waals surface area contributed by atoms with E-state index in [1.165, 1.54) is 39.5 Å². The van der Waals surface area contributed by atoms with Crippen LogP contribution < -0.4 is 5.63 Å². The lowest BCUT2D eigenvalue weighted by Gasteiger charge is -2.11. The summed E-state index contributed by atoms with van der Waals surface area (Å²) in [7, 11) is 0. The number of hydrogen-bond acceptors (Lipinski definition) is 2. The van der Waals surface area contributed by atoms with Crippen LogP contribution in [0.15, 0.2) is 98.8 Å². The van der Waals surface area contributed by atoms with Gasteiger partial charge in [0.2, 0.25) is 0 Å². The third-order valence-corrected chi connectivity index (χ3v) is 5.97. The maximum Gasteiger partial charge on any atom is 0.336 e. The third kappa shape index (κ3) is 8.05. The molecular formula is C31H36O2. The van der Waals surface area contributed by atoms with Crippen LogP contribution in [0.25, 0.3) is 11.0 Å². The SMILES string of the molecule is CC(C)=CCC/C(C)=C\CC/C(C)=C/Cc1cc2ccc(=O)oc2cc1Cc1ccccc1. The van der Waals surface area contributed by atoms with Gasteiger partial charge in [0.05, 0.1) is 0 Å². The van der Waals surface area contributed by atoms with Gasteiger partial charge < -0.3 is 4.42 Å². The minimum atomic E-state index is -0.305. The Morgan fingerprint density at radius 1 is 0.788 bits per heavy atom. The quantitative estimate of drug-likeness (QED) is 0.234. The number of benzene rings is 2. The van der Waals surface area contributed by atoms with Gasteiger partial charge in [-0.1, -0.05) is 65.3 Å². The van der Waals surface area contributed by atoms with Gasteiger partial charge in [-0.3, -0.25) is 0 Å². The summed E-state index contributed by atoms with van der Waals surface area (Å²) in [6.45, 7) is 8.78. The van der Waals surface area contributed by atoms with E-state index in [0.29, 0.717) is 5.58 Å². The molecule has 0 aliphatic rings. The molecule has 3 rings (SSSR count). The molecule has 0 radical (unpaired) electrons. The number of rotatable bonds is 10. The van der Waals surface area contributed by atoms with Crippen LogP contribution in [-0.4, -0.2) is 0 Å². The molecule has 2 heteroatoms. The van der Waals surface area contributed by atoms with Gasteiger partial charge in [0.15, 0.2) is 0 Å². The van der Waals surface area contributed by atoms with Crippen molar-refractivity contribution < 1.29 is 4.42 Å². The fourth-order valence-electron chi connectivity index (χ4n) is 4.00. The van der Waals surface area contributed by atoms with E-state index in [1.54, 1.807) is 0 Å². The van der Waals surface area contributed by atoms with Crippen LogP contribution in [0.3, 0.4) is 0 Å². The largest absolute Gasteiger partial charge is 0.423 e. The van der Waals surface area contributed by atoms with Crippen LogP contribution >= 0.6 is 0 Å². The summed E-state index contributed by atoms with van der Waals surface area (Å²) in [5.74, 6) is 0. The first-order valence-electron chi connectivity index (χ1n) is 11.9. The van der Waals surface area contributed by atoms with Gasteiger partial charge in [-0.05, 0) is 101 Å². The minimum Gasteiger partial charge on any atom is -0.423 e. The Hall–Kier alpha value is -3.13. The first kappa shape index (κ1) is 24.5. The van der Waals surface area contributed by atoms with Gasteiger partial charge in [0.25, 0.3) is 0 Å². The maximum atomic E-state index is 11.7. The molecule has 0 spiro atoms. The summed E-state index contributed by atoms with van der Waals surface area (Å²) in [5.41, 5.74) is 8.38. The lowest BCUT2D eigenvalue weighted by atomic mass is 9.95. The Kier molecular flexibility index (Phi) is 9.06. The molecule has 33 heavy (non-hydrogen) atoms.